The summed E-state index contributed by atoms with van der Waals surface area (Å²) in [7, 11) is 0. The zero-order valence-corrected chi connectivity index (χ0v) is 13.9. The monoisotopic (exact) mass is 310 g/mol. The molecule has 0 radical (unpaired) electrons. The highest BCUT2D eigenvalue weighted by Gasteiger charge is 2.26. The molecule has 0 heterocycles. The van der Waals surface area contributed by atoms with Crippen molar-refractivity contribution in [1.82, 2.24) is 0 Å². The summed E-state index contributed by atoms with van der Waals surface area (Å²) in [6.45, 7) is 4.80. The van der Waals surface area contributed by atoms with Crippen molar-refractivity contribution in [3.63, 3.8) is 0 Å². The van der Waals surface area contributed by atoms with Crippen molar-refractivity contribution in [3.05, 3.63) is 29.8 Å². The van der Waals surface area contributed by atoms with Crippen molar-refractivity contribution < 1.29 is 4.79 Å². The highest BCUT2D eigenvalue weighted by Crippen LogP contribution is 2.27. The van der Waals surface area contributed by atoms with Gasteiger partial charge in [-0.25, -0.2) is 0 Å². The first-order chi connectivity index (χ1) is 9.61. The van der Waals surface area contributed by atoms with Crippen molar-refractivity contribution in [2.45, 2.75) is 52.0 Å². The number of nitrogens with zero attached hydrogens (tertiary/aromatic N) is 1. The lowest BCUT2D eigenvalue weighted by atomic mass is 9.82. The van der Waals surface area contributed by atoms with Crippen LogP contribution in [0.25, 0.3) is 0 Å². The molecule has 0 saturated heterocycles. The average Bonchev–Trinajstić information content (AvgIpc) is 2.42. The van der Waals surface area contributed by atoms with E-state index in [4.69, 9.17) is 5.73 Å². The first kappa shape index (κ1) is 18.0. The van der Waals surface area contributed by atoms with Crippen LogP contribution in [0.1, 0.15) is 44.6 Å². The number of hydrogen-bond acceptors (Lipinski definition) is 2. The van der Waals surface area contributed by atoms with E-state index in [-0.39, 0.29) is 24.4 Å². The third-order valence-electron chi connectivity index (χ3n) is 4.34. The van der Waals surface area contributed by atoms with Gasteiger partial charge in [-0.1, -0.05) is 25.0 Å². The summed E-state index contributed by atoms with van der Waals surface area (Å²) in [5, 5.41) is 0. The second-order valence-corrected chi connectivity index (χ2v) is 5.89. The molecule has 21 heavy (non-hydrogen) atoms. The molecule has 2 unspecified atom stereocenters. The van der Waals surface area contributed by atoms with Crippen molar-refractivity contribution in [1.29, 1.82) is 0 Å². The van der Waals surface area contributed by atoms with Crippen molar-refractivity contribution in [3.8, 4) is 0 Å². The number of aryl methyl sites for hydroxylation is 1. The maximum absolute atomic E-state index is 12.6. The molecule has 1 amide bonds. The lowest BCUT2D eigenvalue weighted by molar-refractivity contribution is -0.119. The number of carbonyl (C=O) groups excluding carboxylic acids is 1. The molecule has 2 N–H and O–H groups in total. The van der Waals surface area contributed by atoms with Crippen molar-refractivity contribution in [2.75, 3.05) is 11.4 Å². The van der Waals surface area contributed by atoms with E-state index in [1.807, 2.05) is 24.0 Å². The van der Waals surface area contributed by atoms with Crippen LogP contribution in [0, 0.1) is 12.8 Å². The van der Waals surface area contributed by atoms with E-state index in [9.17, 15) is 4.79 Å². The molecule has 1 aliphatic rings. The van der Waals surface area contributed by atoms with Gasteiger partial charge in [0.25, 0.3) is 0 Å². The molecule has 1 aliphatic carbocycles. The van der Waals surface area contributed by atoms with Crippen LogP contribution in [0.15, 0.2) is 24.3 Å². The maximum atomic E-state index is 12.6. The van der Waals surface area contributed by atoms with Gasteiger partial charge >= 0.3 is 0 Å². The van der Waals surface area contributed by atoms with E-state index in [1.54, 1.807) is 0 Å². The maximum Gasteiger partial charge on any atom is 0.227 e. The van der Waals surface area contributed by atoms with E-state index in [2.05, 4.69) is 19.1 Å². The average molecular weight is 311 g/mol. The minimum Gasteiger partial charge on any atom is -0.327 e. The minimum absolute atomic E-state index is 0. The van der Waals surface area contributed by atoms with Crippen LogP contribution in [0.4, 0.5) is 5.69 Å². The summed E-state index contributed by atoms with van der Waals surface area (Å²) in [4.78, 5) is 14.5. The van der Waals surface area contributed by atoms with Gasteiger partial charge in [0.1, 0.15) is 0 Å². The number of anilines is 1. The Kier molecular flexibility index (Phi) is 7.20. The lowest BCUT2D eigenvalue weighted by Crippen LogP contribution is -2.39. The van der Waals surface area contributed by atoms with Gasteiger partial charge in [0.15, 0.2) is 0 Å². The van der Waals surface area contributed by atoms with Crippen LogP contribution >= 0.6 is 12.4 Å². The number of amides is 1. The Labute approximate surface area is 134 Å². The minimum atomic E-state index is 0. The topological polar surface area (TPSA) is 46.3 Å². The Morgan fingerprint density at radius 1 is 1.33 bits per heavy atom. The molecule has 4 heteroatoms. The number of rotatable bonds is 4. The summed E-state index contributed by atoms with van der Waals surface area (Å²) < 4.78 is 0. The molecule has 0 spiro atoms. The summed E-state index contributed by atoms with van der Waals surface area (Å²) in [6, 6.07) is 8.34. The van der Waals surface area contributed by atoms with Crippen LogP contribution in [0.5, 0.6) is 0 Å². The fourth-order valence-corrected chi connectivity index (χ4v) is 3.12. The molecule has 0 aliphatic heterocycles. The highest BCUT2D eigenvalue weighted by molar-refractivity contribution is 5.93. The molecule has 2 atom stereocenters. The van der Waals surface area contributed by atoms with Crippen LogP contribution in [0.3, 0.4) is 0 Å². The summed E-state index contributed by atoms with van der Waals surface area (Å²) >= 11 is 0. The largest absolute Gasteiger partial charge is 0.327 e. The van der Waals surface area contributed by atoms with Crippen LogP contribution in [-0.2, 0) is 4.79 Å². The van der Waals surface area contributed by atoms with Crippen LogP contribution in [-0.4, -0.2) is 18.5 Å². The van der Waals surface area contributed by atoms with Crippen LogP contribution < -0.4 is 10.6 Å². The third-order valence-corrected chi connectivity index (χ3v) is 4.34. The third kappa shape index (κ3) is 4.72. The molecule has 0 bridgehead atoms. The van der Waals surface area contributed by atoms with Crippen molar-refractivity contribution in [2.24, 2.45) is 11.7 Å². The smallest absolute Gasteiger partial charge is 0.227 e. The number of halogens is 1. The van der Waals surface area contributed by atoms with Gasteiger partial charge in [-0.3, -0.25) is 4.79 Å². The summed E-state index contributed by atoms with van der Waals surface area (Å²) in [5.74, 6) is 0.565. The molecule has 1 aromatic carbocycles. The normalized spacial score (nSPS) is 21.5. The first-order valence-corrected chi connectivity index (χ1v) is 7.74. The number of carbonyl (C=O) groups is 1. The molecule has 0 aromatic heterocycles. The van der Waals surface area contributed by atoms with Gasteiger partial charge in [-0.2, -0.15) is 0 Å². The molecular formula is C17H27ClN2O. The SMILES string of the molecule is CCN(C(=O)CC1CCCCC1N)c1cccc(C)c1.Cl. The van der Waals surface area contributed by atoms with Gasteiger partial charge in [0.2, 0.25) is 5.91 Å². The second-order valence-electron chi connectivity index (χ2n) is 5.89. The molecular weight excluding hydrogens is 284 g/mol. The van der Waals surface area contributed by atoms with Gasteiger partial charge in [0.05, 0.1) is 0 Å². The Bertz CT molecular complexity index is 464. The first-order valence-electron chi connectivity index (χ1n) is 7.74. The Morgan fingerprint density at radius 3 is 2.67 bits per heavy atom. The van der Waals surface area contributed by atoms with E-state index >= 15 is 0 Å². The van der Waals surface area contributed by atoms with E-state index in [1.165, 1.54) is 18.4 Å². The predicted molar refractivity (Wildman–Crippen MR) is 91.0 cm³/mol. The molecule has 1 saturated carbocycles. The zero-order valence-electron chi connectivity index (χ0n) is 13.0. The molecule has 118 valence electrons. The number of nitrogens with two attached hydrogens (primary N) is 1. The fourth-order valence-electron chi connectivity index (χ4n) is 3.12. The number of hydrogen-bond donors (Lipinski definition) is 1. The molecule has 2 rings (SSSR count). The fraction of sp³-hybridized carbons (Fsp3) is 0.588. The van der Waals surface area contributed by atoms with E-state index in [0.717, 1.165) is 18.5 Å². The predicted octanol–water partition coefficient (Wildman–Crippen LogP) is 3.68. The Balaban J connectivity index is 0.00000220. The highest BCUT2D eigenvalue weighted by atomic mass is 35.5. The Morgan fingerprint density at radius 2 is 2.05 bits per heavy atom. The quantitative estimate of drug-likeness (QED) is 0.922. The molecule has 1 aromatic rings. The van der Waals surface area contributed by atoms with E-state index in [0.29, 0.717) is 18.9 Å². The number of benzene rings is 1. The molecule has 3 nitrogen and oxygen atoms in total. The second kappa shape index (κ2) is 8.40. The van der Waals surface area contributed by atoms with Gasteiger partial charge < -0.3 is 10.6 Å². The van der Waals surface area contributed by atoms with Gasteiger partial charge in [0, 0.05) is 24.7 Å². The van der Waals surface area contributed by atoms with Gasteiger partial charge in [-0.15, -0.1) is 12.4 Å². The Hall–Kier alpha value is -1.06. The molecule has 1 fully saturated rings. The summed E-state index contributed by atoms with van der Waals surface area (Å²) in [5.41, 5.74) is 8.35. The summed E-state index contributed by atoms with van der Waals surface area (Å²) in [6.07, 6.45) is 5.17. The van der Waals surface area contributed by atoms with E-state index < -0.39 is 0 Å². The van der Waals surface area contributed by atoms with Crippen molar-refractivity contribution >= 4 is 24.0 Å². The van der Waals surface area contributed by atoms with Crippen LogP contribution in [0.2, 0.25) is 0 Å². The van der Waals surface area contributed by atoms with Gasteiger partial charge in [-0.05, 0) is 50.3 Å². The lowest BCUT2D eigenvalue weighted by Gasteiger charge is -2.30. The standard InChI is InChI=1S/C17H26N2O.ClH/c1-3-19(15-9-6-7-13(2)11-15)17(20)12-14-8-4-5-10-16(14)18;/h6-7,9,11,14,16H,3-5,8,10,12,18H2,1-2H3;1H. The zero-order chi connectivity index (χ0) is 14.5.